The number of hydrogen-bond acceptors (Lipinski definition) is 3. The third-order valence-corrected chi connectivity index (χ3v) is 3.88. The van der Waals surface area contributed by atoms with E-state index in [9.17, 15) is 4.39 Å². The van der Waals surface area contributed by atoms with Gasteiger partial charge >= 0.3 is 0 Å². The topological polar surface area (TPSA) is 38.9 Å². The van der Waals surface area contributed by atoms with Gasteiger partial charge in [0, 0.05) is 5.92 Å². The predicted molar refractivity (Wildman–Crippen MR) is 66.3 cm³/mol. The summed E-state index contributed by atoms with van der Waals surface area (Å²) in [5, 5.41) is 1.08. The third kappa shape index (κ3) is 2.39. The van der Waals surface area contributed by atoms with Crippen LogP contribution >= 0.6 is 11.3 Å². The molecule has 0 bridgehead atoms. The van der Waals surface area contributed by atoms with Crippen molar-refractivity contribution >= 4 is 21.6 Å². The van der Waals surface area contributed by atoms with Gasteiger partial charge in [-0.2, -0.15) is 0 Å². The third-order valence-electron chi connectivity index (χ3n) is 2.63. The Morgan fingerprint density at radius 1 is 1.50 bits per heavy atom. The van der Waals surface area contributed by atoms with Gasteiger partial charge in [0.2, 0.25) is 0 Å². The molecule has 0 spiro atoms. The Morgan fingerprint density at radius 2 is 2.31 bits per heavy atom. The van der Waals surface area contributed by atoms with Crippen LogP contribution in [-0.2, 0) is 0 Å². The molecule has 1 aromatic heterocycles. The lowest BCUT2D eigenvalue weighted by Gasteiger charge is -2.05. The Morgan fingerprint density at radius 3 is 3.06 bits per heavy atom. The molecule has 0 aliphatic carbocycles. The van der Waals surface area contributed by atoms with Crippen molar-refractivity contribution in [2.75, 3.05) is 6.54 Å². The lowest BCUT2D eigenvalue weighted by molar-refractivity contribution is 0.630. The zero-order chi connectivity index (χ0) is 11.5. The average Bonchev–Trinajstić information content (AvgIpc) is 2.68. The number of fused-ring (bicyclic) bond motifs is 1. The van der Waals surface area contributed by atoms with Gasteiger partial charge in [-0.1, -0.05) is 6.92 Å². The van der Waals surface area contributed by atoms with Crippen LogP contribution in [0.25, 0.3) is 10.2 Å². The number of nitrogens with two attached hydrogens (primary N) is 1. The maximum Gasteiger partial charge on any atom is 0.124 e. The largest absolute Gasteiger partial charge is 0.330 e. The van der Waals surface area contributed by atoms with E-state index in [0.717, 1.165) is 28.1 Å². The summed E-state index contributed by atoms with van der Waals surface area (Å²) in [6.45, 7) is 2.85. The van der Waals surface area contributed by atoms with Crippen molar-refractivity contribution in [1.29, 1.82) is 0 Å². The molecule has 16 heavy (non-hydrogen) atoms. The molecule has 1 heterocycles. The van der Waals surface area contributed by atoms with Gasteiger partial charge in [0.25, 0.3) is 0 Å². The summed E-state index contributed by atoms with van der Waals surface area (Å²) in [7, 11) is 0. The molecule has 2 nitrogen and oxygen atoms in total. The van der Waals surface area contributed by atoms with Crippen LogP contribution in [0.3, 0.4) is 0 Å². The first kappa shape index (κ1) is 11.5. The second-order valence-corrected chi connectivity index (χ2v) is 5.06. The first-order chi connectivity index (χ1) is 7.70. The van der Waals surface area contributed by atoms with E-state index >= 15 is 0 Å². The summed E-state index contributed by atoms with van der Waals surface area (Å²) in [4.78, 5) is 4.52. The summed E-state index contributed by atoms with van der Waals surface area (Å²) in [5.41, 5.74) is 6.37. The first-order valence-electron chi connectivity index (χ1n) is 5.46. The Kier molecular flexibility index (Phi) is 3.51. The molecule has 1 unspecified atom stereocenters. The Bertz CT molecular complexity index is 481. The van der Waals surface area contributed by atoms with E-state index in [1.165, 1.54) is 6.07 Å². The second-order valence-electron chi connectivity index (χ2n) is 4.00. The van der Waals surface area contributed by atoms with Crippen molar-refractivity contribution < 1.29 is 4.39 Å². The minimum Gasteiger partial charge on any atom is -0.330 e. The van der Waals surface area contributed by atoms with Crippen LogP contribution < -0.4 is 5.73 Å². The minimum atomic E-state index is -0.197. The van der Waals surface area contributed by atoms with Crippen LogP contribution in [0.1, 0.15) is 30.7 Å². The van der Waals surface area contributed by atoms with Crippen molar-refractivity contribution in [3.8, 4) is 0 Å². The van der Waals surface area contributed by atoms with Crippen LogP contribution in [-0.4, -0.2) is 11.5 Å². The first-order valence-corrected chi connectivity index (χ1v) is 6.28. The van der Waals surface area contributed by atoms with Crippen LogP contribution in [0, 0.1) is 5.82 Å². The van der Waals surface area contributed by atoms with Gasteiger partial charge < -0.3 is 5.73 Å². The molecular weight excluding hydrogens is 223 g/mol. The zero-order valence-electron chi connectivity index (χ0n) is 9.24. The average molecular weight is 238 g/mol. The van der Waals surface area contributed by atoms with Crippen LogP contribution in [0.2, 0.25) is 0 Å². The van der Waals surface area contributed by atoms with Gasteiger partial charge in [0.1, 0.15) is 5.82 Å². The number of hydrogen-bond donors (Lipinski definition) is 1. The van der Waals surface area contributed by atoms with Gasteiger partial charge in [-0.3, -0.25) is 0 Å². The molecule has 2 N–H and O–H groups in total. The van der Waals surface area contributed by atoms with E-state index < -0.39 is 0 Å². The molecule has 1 atom stereocenters. The second kappa shape index (κ2) is 4.89. The molecule has 0 radical (unpaired) electrons. The highest BCUT2D eigenvalue weighted by Crippen LogP contribution is 2.30. The van der Waals surface area contributed by atoms with Gasteiger partial charge in [0.05, 0.1) is 15.2 Å². The maximum absolute atomic E-state index is 13.0. The summed E-state index contributed by atoms with van der Waals surface area (Å²) < 4.78 is 13.9. The van der Waals surface area contributed by atoms with Gasteiger partial charge in [-0.15, -0.1) is 11.3 Å². The number of aromatic nitrogens is 1. The fraction of sp³-hybridized carbons (Fsp3) is 0.417. The normalized spacial score (nSPS) is 13.2. The molecule has 4 heteroatoms. The van der Waals surface area contributed by atoms with E-state index in [4.69, 9.17) is 5.73 Å². The predicted octanol–water partition coefficient (Wildman–Crippen LogP) is 3.28. The van der Waals surface area contributed by atoms with Crippen molar-refractivity contribution in [3.63, 3.8) is 0 Å². The van der Waals surface area contributed by atoms with Crippen LogP contribution in [0.4, 0.5) is 4.39 Å². The molecule has 0 amide bonds. The maximum atomic E-state index is 13.0. The number of nitrogens with zero attached hydrogens (tertiary/aromatic N) is 1. The highest BCUT2D eigenvalue weighted by Gasteiger charge is 2.11. The van der Waals surface area contributed by atoms with Crippen molar-refractivity contribution in [3.05, 3.63) is 29.0 Å². The molecule has 0 fully saturated rings. The smallest absolute Gasteiger partial charge is 0.124 e. The molecule has 0 saturated carbocycles. The zero-order valence-corrected chi connectivity index (χ0v) is 10.1. The summed E-state index contributed by atoms with van der Waals surface area (Å²) in [6.07, 6.45) is 2.05. The SMILES string of the molecule is CC(CCCN)c1nc2ccc(F)cc2s1. The van der Waals surface area contributed by atoms with Gasteiger partial charge in [-0.05, 0) is 37.6 Å². The Balaban J connectivity index is 2.25. The molecule has 86 valence electrons. The van der Waals surface area contributed by atoms with Crippen molar-refractivity contribution in [2.24, 2.45) is 5.73 Å². The summed E-state index contributed by atoms with van der Waals surface area (Å²) in [6, 6.07) is 4.74. The Hall–Kier alpha value is -1.000. The lowest BCUT2D eigenvalue weighted by atomic mass is 10.1. The Labute approximate surface area is 98.3 Å². The standard InChI is InChI=1S/C12H15FN2S/c1-8(3-2-6-14)12-15-10-5-4-9(13)7-11(10)16-12/h4-5,7-8H,2-3,6,14H2,1H3. The molecular formula is C12H15FN2S. The molecule has 0 aliphatic rings. The van der Waals surface area contributed by atoms with Crippen molar-refractivity contribution in [1.82, 2.24) is 4.98 Å². The molecule has 2 aromatic rings. The van der Waals surface area contributed by atoms with E-state index in [-0.39, 0.29) is 5.82 Å². The van der Waals surface area contributed by atoms with E-state index in [1.807, 2.05) is 0 Å². The quantitative estimate of drug-likeness (QED) is 0.887. The molecule has 0 saturated heterocycles. The number of rotatable bonds is 4. The summed E-state index contributed by atoms with van der Waals surface area (Å²) in [5.74, 6) is 0.210. The van der Waals surface area contributed by atoms with Crippen LogP contribution in [0.15, 0.2) is 18.2 Å². The number of benzene rings is 1. The monoisotopic (exact) mass is 238 g/mol. The van der Waals surface area contributed by atoms with E-state index in [0.29, 0.717) is 12.5 Å². The van der Waals surface area contributed by atoms with E-state index in [2.05, 4.69) is 11.9 Å². The van der Waals surface area contributed by atoms with Gasteiger partial charge in [-0.25, -0.2) is 9.37 Å². The highest BCUT2D eigenvalue weighted by atomic mass is 32.1. The minimum absolute atomic E-state index is 0.197. The fourth-order valence-corrected chi connectivity index (χ4v) is 2.75. The molecule has 1 aromatic carbocycles. The molecule has 0 aliphatic heterocycles. The van der Waals surface area contributed by atoms with E-state index in [1.54, 1.807) is 23.5 Å². The summed E-state index contributed by atoms with van der Waals surface area (Å²) >= 11 is 1.58. The van der Waals surface area contributed by atoms with Crippen molar-refractivity contribution in [2.45, 2.75) is 25.7 Å². The fourth-order valence-electron chi connectivity index (χ4n) is 1.67. The molecule has 2 rings (SSSR count). The number of thiazole rings is 1. The van der Waals surface area contributed by atoms with Gasteiger partial charge in [0.15, 0.2) is 0 Å². The van der Waals surface area contributed by atoms with Crippen LogP contribution in [0.5, 0.6) is 0 Å². The lowest BCUT2D eigenvalue weighted by Crippen LogP contribution is -2.01. The highest BCUT2D eigenvalue weighted by molar-refractivity contribution is 7.18. The number of halogens is 1.